The van der Waals surface area contributed by atoms with E-state index in [1.807, 2.05) is 30.3 Å². The molecule has 0 aromatic heterocycles. The van der Waals surface area contributed by atoms with E-state index in [0.29, 0.717) is 10.9 Å². The van der Waals surface area contributed by atoms with E-state index in [9.17, 15) is 0 Å². The van der Waals surface area contributed by atoms with Crippen molar-refractivity contribution in [3.63, 3.8) is 0 Å². The monoisotopic (exact) mass is 231 g/mol. The Balaban J connectivity index is 2.11. The molecule has 2 aromatic rings. The first kappa shape index (κ1) is 10.9. The summed E-state index contributed by atoms with van der Waals surface area (Å²) in [5, 5.41) is 0.547. The van der Waals surface area contributed by atoms with Gasteiger partial charge >= 0.3 is 9.28 Å². The number of rotatable bonds is 3. The topological polar surface area (TPSA) is 49.7 Å². The van der Waals surface area contributed by atoms with Gasteiger partial charge in [0.05, 0.1) is 0 Å². The Morgan fingerprint density at radius 2 is 1.31 bits per heavy atom. The van der Waals surface area contributed by atoms with E-state index < -0.39 is 9.28 Å². The molecule has 0 saturated heterocycles. The second-order valence-electron chi connectivity index (χ2n) is 3.26. The van der Waals surface area contributed by atoms with Gasteiger partial charge in [0, 0.05) is 0 Å². The zero-order valence-corrected chi connectivity index (χ0v) is 9.50. The highest BCUT2D eigenvalue weighted by Crippen LogP contribution is 2.19. The van der Waals surface area contributed by atoms with Crippen molar-refractivity contribution in [2.24, 2.45) is 0 Å². The molecule has 0 saturated carbocycles. The molecule has 4 heteroatoms. The standard InChI is InChI=1S/C12H11O3Si/c13-16(14)12-8-6-11(7-9-12)15-10-4-2-1-3-5-10/h1-9,13-14H. The second-order valence-corrected chi connectivity index (χ2v) is 4.49. The van der Waals surface area contributed by atoms with Gasteiger partial charge in [0.2, 0.25) is 0 Å². The molecule has 81 valence electrons. The Kier molecular flexibility index (Phi) is 3.36. The van der Waals surface area contributed by atoms with Crippen LogP contribution in [-0.2, 0) is 0 Å². The molecule has 3 nitrogen and oxygen atoms in total. The summed E-state index contributed by atoms with van der Waals surface area (Å²) in [6, 6.07) is 16.2. The molecule has 0 bridgehead atoms. The van der Waals surface area contributed by atoms with Gasteiger partial charge in [-0.05, 0) is 29.5 Å². The highest BCUT2D eigenvalue weighted by Gasteiger charge is 2.07. The van der Waals surface area contributed by atoms with E-state index in [2.05, 4.69) is 0 Å². The fourth-order valence-corrected chi connectivity index (χ4v) is 1.76. The molecular formula is C12H11O3Si. The minimum atomic E-state index is -2.36. The van der Waals surface area contributed by atoms with E-state index >= 15 is 0 Å². The fourth-order valence-electron chi connectivity index (χ4n) is 1.30. The Bertz CT molecular complexity index is 440. The predicted octanol–water partition coefficient (Wildman–Crippen LogP) is 1.16. The number of hydrogen-bond acceptors (Lipinski definition) is 3. The van der Waals surface area contributed by atoms with Crippen molar-refractivity contribution >= 4 is 14.5 Å². The smallest absolute Gasteiger partial charge is 0.417 e. The summed E-state index contributed by atoms with van der Waals surface area (Å²) in [5.74, 6) is 1.44. The largest absolute Gasteiger partial charge is 0.457 e. The molecule has 0 aliphatic rings. The molecule has 2 aromatic carbocycles. The minimum absolute atomic E-state index is 0.547. The first-order valence-electron chi connectivity index (χ1n) is 4.84. The van der Waals surface area contributed by atoms with Crippen LogP contribution in [0.1, 0.15) is 0 Å². The third kappa shape index (κ3) is 2.70. The van der Waals surface area contributed by atoms with Crippen molar-refractivity contribution in [1.29, 1.82) is 0 Å². The molecule has 0 atom stereocenters. The third-order valence-corrected chi connectivity index (χ3v) is 2.94. The van der Waals surface area contributed by atoms with Gasteiger partial charge in [-0.25, -0.2) is 0 Å². The molecule has 0 heterocycles. The first-order valence-corrected chi connectivity index (χ1v) is 6.23. The molecular weight excluding hydrogens is 220 g/mol. The van der Waals surface area contributed by atoms with Gasteiger partial charge < -0.3 is 14.3 Å². The zero-order chi connectivity index (χ0) is 11.4. The van der Waals surface area contributed by atoms with Crippen molar-refractivity contribution in [3.8, 4) is 11.5 Å². The summed E-state index contributed by atoms with van der Waals surface area (Å²) in [5.41, 5.74) is 0. The highest BCUT2D eigenvalue weighted by molar-refractivity contribution is 6.58. The second kappa shape index (κ2) is 4.94. The van der Waals surface area contributed by atoms with Crippen LogP contribution in [0.5, 0.6) is 11.5 Å². The lowest BCUT2D eigenvalue weighted by Crippen LogP contribution is -2.29. The van der Waals surface area contributed by atoms with E-state index in [4.69, 9.17) is 14.3 Å². The van der Waals surface area contributed by atoms with Gasteiger partial charge in [0.1, 0.15) is 11.5 Å². The molecule has 0 fully saturated rings. The van der Waals surface area contributed by atoms with Crippen LogP contribution in [0.2, 0.25) is 0 Å². The van der Waals surface area contributed by atoms with E-state index in [-0.39, 0.29) is 0 Å². The summed E-state index contributed by atoms with van der Waals surface area (Å²) in [7, 11) is -2.36. The summed E-state index contributed by atoms with van der Waals surface area (Å²) in [6.07, 6.45) is 0. The summed E-state index contributed by atoms with van der Waals surface area (Å²) in [4.78, 5) is 18.0. The molecule has 2 N–H and O–H groups in total. The zero-order valence-electron chi connectivity index (χ0n) is 8.50. The Labute approximate surface area is 95.4 Å². The van der Waals surface area contributed by atoms with Gasteiger partial charge in [0.25, 0.3) is 0 Å². The lowest BCUT2D eigenvalue weighted by molar-refractivity contribution is 0.425. The number of hydrogen-bond donors (Lipinski definition) is 2. The van der Waals surface area contributed by atoms with E-state index in [1.54, 1.807) is 24.3 Å². The normalized spacial score (nSPS) is 10.4. The van der Waals surface area contributed by atoms with Crippen LogP contribution in [0, 0.1) is 0 Å². The van der Waals surface area contributed by atoms with Crippen LogP contribution in [-0.4, -0.2) is 18.9 Å². The molecule has 1 radical (unpaired) electrons. The average molecular weight is 231 g/mol. The maximum Gasteiger partial charge on any atom is 0.417 e. The molecule has 0 unspecified atom stereocenters. The van der Waals surface area contributed by atoms with Crippen LogP contribution in [0.15, 0.2) is 54.6 Å². The van der Waals surface area contributed by atoms with Crippen LogP contribution in [0.4, 0.5) is 0 Å². The summed E-state index contributed by atoms with van der Waals surface area (Å²) in [6.45, 7) is 0. The summed E-state index contributed by atoms with van der Waals surface area (Å²) < 4.78 is 5.56. The van der Waals surface area contributed by atoms with Crippen molar-refractivity contribution in [2.75, 3.05) is 0 Å². The third-order valence-electron chi connectivity index (χ3n) is 2.09. The maximum atomic E-state index is 9.02. The SMILES string of the molecule is O[Si](O)c1ccc(Oc2ccccc2)cc1. The van der Waals surface area contributed by atoms with Crippen molar-refractivity contribution in [2.45, 2.75) is 0 Å². The van der Waals surface area contributed by atoms with Crippen LogP contribution < -0.4 is 9.92 Å². The molecule has 0 spiro atoms. The quantitative estimate of drug-likeness (QED) is 0.779. The predicted molar refractivity (Wildman–Crippen MR) is 62.8 cm³/mol. The number of ether oxygens (including phenoxy) is 1. The van der Waals surface area contributed by atoms with Gasteiger partial charge in [-0.2, -0.15) is 0 Å². The van der Waals surface area contributed by atoms with Crippen molar-refractivity contribution < 1.29 is 14.3 Å². The Morgan fingerprint density at radius 1 is 0.750 bits per heavy atom. The average Bonchev–Trinajstić information content (AvgIpc) is 2.31. The Morgan fingerprint density at radius 3 is 1.88 bits per heavy atom. The Hall–Kier alpha value is -1.62. The number of para-hydroxylation sites is 1. The van der Waals surface area contributed by atoms with Gasteiger partial charge in [-0.15, -0.1) is 0 Å². The lowest BCUT2D eigenvalue weighted by atomic mass is 10.3. The molecule has 16 heavy (non-hydrogen) atoms. The van der Waals surface area contributed by atoms with Crippen LogP contribution in [0.25, 0.3) is 0 Å². The molecule has 0 aliphatic heterocycles. The van der Waals surface area contributed by atoms with Crippen molar-refractivity contribution in [1.82, 2.24) is 0 Å². The molecule has 0 amide bonds. The minimum Gasteiger partial charge on any atom is -0.457 e. The molecule has 2 rings (SSSR count). The summed E-state index contributed by atoms with van der Waals surface area (Å²) >= 11 is 0. The van der Waals surface area contributed by atoms with E-state index in [0.717, 1.165) is 5.75 Å². The van der Waals surface area contributed by atoms with Crippen LogP contribution >= 0.6 is 0 Å². The maximum absolute atomic E-state index is 9.02. The highest BCUT2D eigenvalue weighted by atomic mass is 28.3. The van der Waals surface area contributed by atoms with Gasteiger partial charge in [-0.3, -0.25) is 0 Å². The molecule has 0 aliphatic carbocycles. The fraction of sp³-hybridized carbons (Fsp3) is 0. The first-order chi connectivity index (χ1) is 7.75. The van der Waals surface area contributed by atoms with E-state index in [1.165, 1.54) is 0 Å². The number of benzene rings is 2. The van der Waals surface area contributed by atoms with Crippen molar-refractivity contribution in [3.05, 3.63) is 54.6 Å². The van der Waals surface area contributed by atoms with Gasteiger partial charge in [-0.1, -0.05) is 30.3 Å². The van der Waals surface area contributed by atoms with Gasteiger partial charge in [0.15, 0.2) is 0 Å². The van der Waals surface area contributed by atoms with Crippen LogP contribution in [0.3, 0.4) is 0 Å². The lowest BCUT2D eigenvalue weighted by Gasteiger charge is -2.06.